The fraction of sp³-hybridized carbons (Fsp3) is 0.188. The van der Waals surface area contributed by atoms with Gasteiger partial charge in [0.15, 0.2) is 0 Å². The molecule has 20 heavy (non-hydrogen) atoms. The van der Waals surface area contributed by atoms with Crippen molar-refractivity contribution in [1.82, 2.24) is 5.32 Å². The van der Waals surface area contributed by atoms with E-state index in [1.807, 2.05) is 55.5 Å². The van der Waals surface area contributed by atoms with Gasteiger partial charge in [-0.2, -0.15) is 0 Å². The summed E-state index contributed by atoms with van der Waals surface area (Å²) in [5, 5.41) is 3.76. The first-order valence-corrected chi connectivity index (χ1v) is 7.87. The molecule has 0 fully saturated rings. The second kappa shape index (κ2) is 7.09. The van der Waals surface area contributed by atoms with E-state index >= 15 is 0 Å². The Bertz CT molecular complexity index is 598. The number of benzene rings is 2. The van der Waals surface area contributed by atoms with Crippen molar-refractivity contribution in [3.8, 4) is 0 Å². The van der Waals surface area contributed by atoms with Gasteiger partial charge in [-0.15, -0.1) is 0 Å². The Balaban J connectivity index is 2.14. The molecule has 0 aromatic heterocycles. The topological polar surface area (TPSA) is 29.1 Å². The monoisotopic (exact) mass is 399 g/mol. The van der Waals surface area contributed by atoms with Gasteiger partial charge in [0.25, 0.3) is 5.91 Å². The number of nitrogens with one attached hydrogen (secondary N) is 1. The van der Waals surface area contributed by atoms with Crippen molar-refractivity contribution in [3.05, 3.63) is 68.3 Å². The highest BCUT2D eigenvalue weighted by Gasteiger charge is 2.14. The highest BCUT2D eigenvalue weighted by molar-refractivity contribution is 14.1. The molecule has 1 amide bonds. The van der Waals surface area contributed by atoms with Crippen LogP contribution < -0.4 is 5.32 Å². The molecule has 0 heterocycles. The quantitative estimate of drug-likeness (QED) is 0.733. The van der Waals surface area contributed by atoms with Gasteiger partial charge in [0.05, 0.1) is 6.04 Å². The van der Waals surface area contributed by atoms with Crippen LogP contribution in [0.15, 0.2) is 48.5 Å². The van der Waals surface area contributed by atoms with Crippen LogP contribution in [0.5, 0.6) is 0 Å². The van der Waals surface area contributed by atoms with Crippen LogP contribution in [0.25, 0.3) is 0 Å². The van der Waals surface area contributed by atoms with Crippen LogP contribution in [0.2, 0.25) is 5.02 Å². The molecule has 0 aliphatic heterocycles. The number of hydrogen-bond donors (Lipinski definition) is 1. The Morgan fingerprint density at radius 3 is 2.55 bits per heavy atom. The summed E-state index contributed by atoms with van der Waals surface area (Å²) in [5.41, 5.74) is 1.75. The van der Waals surface area contributed by atoms with E-state index < -0.39 is 0 Å². The molecule has 2 nitrogen and oxygen atoms in total. The van der Waals surface area contributed by atoms with E-state index in [9.17, 15) is 4.79 Å². The fourth-order valence-corrected chi connectivity index (χ4v) is 2.66. The van der Waals surface area contributed by atoms with Gasteiger partial charge in [-0.1, -0.05) is 36.7 Å². The van der Waals surface area contributed by atoms with Crippen LogP contribution in [0.3, 0.4) is 0 Å². The van der Waals surface area contributed by atoms with Crippen LogP contribution in [0.1, 0.15) is 35.3 Å². The predicted molar refractivity (Wildman–Crippen MR) is 91.1 cm³/mol. The summed E-state index contributed by atoms with van der Waals surface area (Å²) in [6, 6.07) is 15.1. The molecule has 0 aliphatic carbocycles. The van der Waals surface area contributed by atoms with Crippen molar-refractivity contribution in [1.29, 1.82) is 0 Å². The minimum atomic E-state index is -0.0506. The lowest BCUT2D eigenvalue weighted by molar-refractivity contribution is 0.0935. The van der Waals surface area contributed by atoms with Crippen molar-refractivity contribution < 1.29 is 4.79 Å². The lowest BCUT2D eigenvalue weighted by Gasteiger charge is -2.17. The molecule has 2 aromatic carbocycles. The minimum absolute atomic E-state index is 0.00219. The second-order valence-corrected chi connectivity index (χ2v) is 6.18. The number of hydrogen-bond acceptors (Lipinski definition) is 1. The first kappa shape index (κ1) is 15.3. The van der Waals surface area contributed by atoms with Crippen LogP contribution >= 0.6 is 34.2 Å². The van der Waals surface area contributed by atoms with Gasteiger partial charge in [0.1, 0.15) is 0 Å². The molecule has 0 aliphatic rings. The maximum absolute atomic E-state index is 12.3. The van der Waals surface area contributed by atoms with Crippen LogP contribution in [0, 0.1) is 3.57 Å². The van der Waals surface area contributed by atoms with Crippen molar-refractivity contribution in [2.75, 3.05) is 0 Å². The number of carbonyl (C=O) groups is 1. The molecule has 1 N–H and O–H groups in total. The van der Waals surface area contributed by atoms with Crippen molar-refractivity contribution >= 4 is 40.1 Å². The van der Waals surface area contributed by atoms with E-state index in [2.05, 4.69) is 27.9 Å². The Hall–Kier alpha value is -1.07. The molecule has 1 atom stereocenters. The van der Waals surface area contributed by atoms with E-state index in [-0.39, 0.29) is 11.9 Å². The zero-order valence-electron chi connectivity index (χ0n) is 11.1. The Morgan fingerprint density at radius 1 is 1.25 bits per heavy atom. The maximum Gasteiger partial charge on any atom is 0.251 e. The zero-order valence-corrected chi connectivity index (χ0v) is 14.0. The first-order valence-electron chi connectivity index (χ1n) is 6.42. The van der Waals surface area contributed by atoms with Gasteiger partial charge in [-0.25, -0.2) is 0 Å². The van der Waals surface area contributed by atoms with Gasteiger partial charge >= 0.3 is 0 Å². The molecule has 0 saturated heterocycles. The largest absolute Gasteiger partial charge is 0.345 e. The standard InChI is InChI=1S/C16H15ClINO/c1-2-15(11-6-8-13(17)9-7-11)19-16(20)12-4-3-5-14(18)10-12/h3-10,15H,2H2,1H3,(H,19,20). The van der Waals surface area contributed by atoms with Crippen LogP contribution in [0.4, 0.5) is 0 Å². The van der Waals surface area contributed by atoms with E-state index in [1.165, 1.54) is 0 Å². The minimum Gasteiger partial charge on any atom is -0.345 e. The number of amides is 1. The molecule has 104 valence electrons. The SMILES string of the molecule is CCC(NC(=O)c1cccc(I)c1)c1ccc(Cl)cc1. The summed E-state index contributed by atoms with van der Waals surface area (Å²) >= 11 is 8.09. The smallest absolute Gasteiger partial charge is 0.251 e. The number of rotatable bonds is 4. The summed E-state index contributed by atoms with van der Waals surface area (Å²) in [7, 11) is 0. The molecule has 2 rings (SSSR count). The van der Waals surface area contributed by atoms with Gasteiger partial charge in [0, 0.05) is 14.2 Å². The van der Waals surface area contributed by atoms with E-state index in [0.29, 0.717) is 10.6 Å². The molecule has 1 unspecified atom stereocenters. The summed E-state index contributed by atoms with van der Waals surface area (Å²) in [6.07, 6.45) is 0.831. The lowest BCUT2D eigenvalue weighted by atomic mass is 10.0. The highest BCUT2D eigenvalue weighted by Crippen LogP contribution is 2.20. The molecule has 4 heteroatoms. The maximum atomic E-state index is 12.3. The Morgan fingerprint density at radius 2 is 1.95 bits per heavy atom. The Kier molecular flexibility index (Phi) is 5.43. The third-order valence-electron chi connectivity index (χ3n) is 3.07. The van der Waals surface area contributed by atoms with Gasteiger partial charge in [0.2, 0.25) is 0 Å². The van der Waals surface area contributed by atoms with E-state index in [4.69, 9.17) is 11.6 Å². The summed E-state index contributed by atoms with van der Waals surface area (Å²) in [6.45, 7) is 2.05. The van der Waals surface area contributed by atoms with Crippen molar-refractivity contribution in [3.63, 3.8) is 0 Å². The first-order chi connectivity index (χ1) is 9.60. The van der Waals surface area contributed by atoms with Gasteiger partial charge in [-0.3, -0.25) is 4.79 Å². The molecular formula is C16H15ClINO. The molecule has 0 saturated carbocycles. The lowest BCUT2D eigenvalue weighted by Crippen LogP contribution is -2.28. The normalized spacial score (nSPS) is 11.9. The highest BCUT2D eigenvalue weighted by atomic mass is 127. The molecule has 2 aromatic rings. The van der Waals surface area contributed by atoms with Gasteiger partial charge in [-0.05, 0) is 64.9 Å². The average molecular weight is 400 g/mol. The molecule has 0 radical (unpaired) electrons. The molecule has 0 bridgehead atoms. The second-order valence-electron chi connectivity index (χ2n) is 4.50. The van der Waals surface area contributed by atoms with Crippen LogP contribution in [-0.4, -0.2) is 5.91 Å². The molecule has 0 spiro atoms. The zero-order chi connectivity index (χ0) is 14.5. The van der Waals surface area contributed by atoms with Crippen molar-refractivity contribution in [2.24, 2.45) is 0 Å². The number of halogens is 2. The Labute approximate surface area is 137 Å². The summed E-state index contributed by atoms with van der Waals surface area (Å²) in [4.78, 5) is 12.3. The fourth-order valence-electron chi connectivity index (χ4n) is 1.99. The summed E-state index contributed by atoms with van der Waals surface area (Å²) < 4.78 is 1.05. The van der Waals surface area contributed by atoms with Crippen LogP contribution in [-0.2, 0) is 0 Å². The van der Waals surface area contributed by atoms with E-state index in [0.717, 1.165) is 15.6 Å². The van der Waals surface area contributed by atoms with Crippen molar-refractivity contribution in [2.45, 2.75) is 19.4 Å². The van der Waals surface area contributed by atoms with Gasteiger partial charge < -0.3 is 5.32 Å². The average Bonchev–Trinajstić information content (AvgIpc) is 2.45. The summed E-state index contributed by atoms with van der Waals surface area (Å²) in [5.74, 6) is -0.0506. The third kappa shape index (κ3) is 3.96. The van der Waals surface area contributed by atoms with E-state index in [1.54, 1.807) is 0 Å². The third-order valence-corrected chi connectivity index (χ3v) is 4.00. The molecular weight excluding hydrogens is 385 g/mol. The predicted octanol–water partition coefficient (Wildman–Crippen LogP) is 4.83. The number of carbonyl (C=O) groups excluding carboxylic acids is 1.